The van der Waals surface area contributed by atoms with Crippen molar-refractivity contribution in [2.24, 2.45) is 0 Å². The van der Waals surface area contributed by atoms with Gasteiger partial charge >= 0.3 is 0 Å². The molecule has 0 aliphatic carbocycles. The van der Waals surface area contributed by atoms with Crippen LogP contribution in [0, 0.1) is 5.82 Å². The lowest BCUT2D eigenvalue weighted by molar-refractivity contribution is 0.535. The van der Waals surface area contributed by atoms with E-state index in [1.165, 1.54) is 6.07 Å². The highest BCUT2D eigenvalue weighted by atomic mass is 79.9. The third kappa shape index (κ3) is 1.81. The first-order valence-electron chi connectivity index (χ1n) is 4.07. The zero-order chi connectivity index (χ0) is 10.1. The highest BCUT2D eigenvalue weighted by Gasteiger charge is 2.08. The quantitative estimate of drug-likeness (QED) is 0.814. The summed E-state index contributed by atoms with van der Waals surface area (Å²) in [6, 6.07) is 5.14. The zero-order valence-corrected chi connectivity index (χ0v) is 9.91. The maximum atomic E-state index is 13.4. The lowest BCUT2D eigenvalue weighted by atomic mass is 10.2. The van der Waals surface area contributed by atoms with Crippen molar-refractivity contribution >= 4 is 38.7 Å². The van der Waals surface area contributed by atoms with Gasteiger partial charge in [-0.3, -0.25) is 0 Å². The summed E-state index contributed by atoms with van der Waals surface area (Å²) < 4.78 is 19.5. The molecule has 0 radical (unpaired) electrons. The van der Waals surface area contributed by atoms with E-state index in [1.807, 2.05) is 18.4 Å². The van der Waals surface area contributed by atoms with E-state index in [4.69, 9.17) is 4.42 Å². The van der Waals surface area contributed by atoms with E-state index in [9.17, 15) is 4.39 Å². The van der Waals surface area contributed by atoms with E-state index >= 15 is 0 Å². The topological polar surface area (TPSA) is 13.1 Å². The van der Waals surface area contributed by atoms with Crippen LogP contribution in [0.25, 0.3) is 11.0 Å². The molecule has 0 saturated carbocycles. The first kappa shape index (κ1) is 10.1. The van der Waals surface area contributed by atoms with Crippen LogP contribution in [0.5, 0.6) is 0 Å². The summed E-state index contributed by atoms with van der Waals surface area (Å²) >= 11 is 4.90. The molecule has 0 N–H and O–H groups in total. The van der Waals surface area contributed by atoms with Gasteiger partial charge in [-0.25, -0.2) is 4.39 Å². The molecule has 1 aromatic heterocycles. The van der Waals surface area contributed by atoms with Crippen molar-refractivity contribution in [3.05, 3.63) is 34.2 Å². The fraction of sp³-hybridized carbons (Fsp3) is 0.200. The number of rotatable bonds is 2. The third-order valence-electron chi connectivity index (χ3n) is 1.87. The van der Waals surface area contributed by atoms with Crippen molar-refractivity contribution in [3.8, 4) is 0 Å². The molecule has 0 bridgehead atoms. The van der Waals surface area contributed by atoms with Crippen LogP contribution >= 0.6 is 27.7 Å². The first-order chi connectivity index (χ1) is 6.70. The Hall–Kier alpha value is -0.480. The average Bonchev–Trinajstić information content (AvgIpc) is 2.48. The molecule has 4 heteroatoms. The molecule has 0 amide bonds. The monoisotopic (exact) mass is 274 g/mol. The second-order valence-corrected chi connectivity index (χ2v) is 4.73. The van der Waals surface area contributed by atoms with Gasteiger partial charge in [-0.05, 0) is 24.5 Å². The molecule has 0 aliphatic rings. The average molecular weight is 275 g/mol. The molecule has 74 valence electrons. The number of thioether (sulfide) groups is 1. The van der Waals surface area contributed by atoms with Crippen LogP contribution < -0.4 is 0 Å². The number of hydrogen-bond acceptors (Lipinski definition) is 2. The maximum Gasteiger partial charge on any atom is 0.170 e. The van der Waals surface area contributed by atoms with Crippen LogP contribution in [0.15, 0.2) is 27.1 Å². The fourth-order valence-corrected chi connectivity index (χ4v) is 2.22. The molecule has 2 aromatic rings. The van der Waals surface area contributed by atoms with Gasteiger partial charge in [-0.15, -0.1) is 0 Å². The second kappa shape index (κ2) is 3.95. The Balaban J connectivity index is 2.58. The van der Waals surface area contributed by atoms with Crippen LogP contribution in [-0.2, 0) is 5.75 Å². The highest BCUT2D eigenvalue weighted by molar-refractivity contribution is 9.10. The van der Waals surface area contributed by atoms with Crippen molar-refractivity contribution in [1.29, 1.82) is 0 Å². The van der Waals surface area contributed by atoms with Crippen molar-refractivity contribution < 1.29 is 8.81 Å². The summed E-state index contributed by atoms with van der Waals surface area (Å²) in [6.45, 7) is 0. The van der Waals surface area contributed by atoms with Crippen molar-refractivity contribution in [1.82, 2.24) is 0 Å². The standard InChI is InChI=1S/C10H8BrFOS/c1-14-5-8-3-6-2-7(11)4-9(12)10(6)13-8/h2-4H,5H2,1H3. The van der Waals surface area contributed by atoms with Gasteiger partial charge in [-0.2, -0.15) is 11.8 Å². The minimum Gasteiger partial charge on any atom is -0.457 e. The molecule has 0 saturated heterocycles. The molecule has 1 heterocycles. The van der Waals surface area contributed by atoms with Crippen LogP contribution in [-0.4, -0.2) is 6.26 Å². The van der Waals surface area contributed by atoms with Gasteiger partial charge in [0.2, 0.25) is 0 Å². The normalized spacial score (nSPS) is 11.1. The minimum absolute atomic E-state index is 0.318. The Bertz CT molecular complexity index is 466. The largest absolute Gasteiger partial charge is 0.457 e. The number of halogens is 2. The Labute approximate surface area is 93.8 Å². The van der Waals surface area contributed by atoms with E-state index in [0.717, 1.165) is 21.4 Å². The molecular formula is C10H8BrFOS. The molecule has 0 atom stereocenters. The smallest absolute Gasteiger partial charge is 0.170 e. The Kier molecular flexibility index (Phi) is 2.83. The summed E-state index contributed by atoms with van der Waals surface area (Å²) in [4.78, 5) is 0. The maximum absolute atomic E-state index is 13.4. The Morgan fingerprint density at radius 3 is 2.93 bits per heavy atom. The number of hydrogen-bond donors (Lipinski definition) is 0. The van der Waals surface area contributed by atoms with Gasteiger partial charge in [0.25, 0.3) is 0 Å². The molecule has 2 rings (SSSR count). The molecule has 0 aliphatic heterocycles. The molecule has 0 unspecified atom stereocenters. The predicted octanol–water partition coefficient (Wildman–Crippen LogP) is 4.20. The SMILES string of the molecule is CSCc1cc2cc(Br)cc(F)c2o1. The molecule has 0 fully saturated rings. The molecular weight excluding hydrogens is 267 g/mol. The zero-order valence-electron chi connectivity index (χ0n) is 7.51. The summed E-state index contributed by atoms with van der Waals surface area (Å²) in [6.07, 6.45) is 1.99. The minimum atomic E-state index is -0.318. The number of furan rings is 1. The number of fused-ring (bicyclic) bond motifs is 1. The van der Waals surface area contributed by atoms with E-state index in [1.54, 1.807) is 11.8 Å². The lowest BCUT2D eigenvalue weighted by Gasteiger charge is -1.92. The summed E-state index contributed by atoms with van der Waals surface area (Å²) in [5.74, 6) is 1.26. The van der Waals surface area contributed by atoms with E-state index in [2.05, 4.69) is 15.9 Å². The van der Waals surface area contributed by atoms with E-state index in [-0.39, 0.29) is 5.82 Å². The van der Waals surface area contributed by atoms with Crippen molar-refractivity contribution in [3.63, 3.8) is 0 Å². The van der Waals surface area contributed by atoms with E-state index < -0.39 is 0 Å². The van der Waals surface area contributed by atoms with Gasteiger partial charge in [0, 0.05) is 9.86 Å². The van der Waals surface area contributed by atoms with Crippen LogP contribution in [0.2, 0.25) is 0 Å². The Morgan fingerprint density at radius 2 is 2.21 bits per heavy atom. The van der Waals surface area contributed by atoms with Crippen molar-refractivity contribution in [2.45, 2.75) is 5.75 Å². The second-order valence-electron chi connectivity index (χ2n) is 2.95. The number of benzene rings is 1. The van der Waals surface area contributed by atoms with Gasteiger partial charge in [0.1, 0.15) is 5.76 Å². The van der Waals surface area contributed by atoms with Crippen LogP contribution in [0.3, 0.4) is 0 Å². The summed E-state index contributed by atoms with van der Waals surface area (Å²) in [5, 5.41) is 0.806. The predicted molar refractivity (Wildman–Crippen MR) is 61.1 cm³/mol. The van der Waals surface area contributed by atoms with Gasteiger partial charge in [-0.1, -0.05) is 15.9 Å². The lowest BCUT2D eigenvalue weighted by Crippen LogP contribution is -1.74. The molecule has 1 nitrogen and oxygen atoms in total. The van der Waals surface area contributed by atoms with E-state index in [0.29, 0.717) is 5.58 Å². The third-order valence-corrected chi connectivity index (χ3v) is 2.90. The van der Waals surface area contributed by atoms with Crippen LogP contribution in [0.4, 0.5) is 4.39 Å². The first-order valence-corrected chi connectivity index (χ1v) is 6.26. The summed E-state index contributed by atoms with van der Waals surface area (Å²) in [5.41, 5.74) is 0.345. The molecule has 14 heavy (non-hydrogen) atoms. The van der Waals surface area contributed by atoms with Crippen LogP contribution in [0.1, 0.15) is 5.76 Å². The van der Waals surface area contributed by atoms with Gasteiger partial charge in [0.15, 0.2) is 11.4 Å². The highest BCUT2D eigenvalue weighted by Crippen LogP contribution is 2.27. The summed E-state index contributed by atoms with van der Waals surface area (Å²) in [7, 11) is 0. The molecule has 1 aromatic carbocycles. The van der Waals surface area contributed by atoms with Crippen molar-refractivity contribution in [2.75, 3.05) is 6.26 Å². The molecule has 0 spiro atoms. The van der Waals surface area contributed by atoms with Gasteiger partial charge in [0.05, 0.1) is 5.75 Å². The Morgan fingerprint density at radius 1 is 1.43 bits per heavy atom. The fourth-order valence-electron chi connectivity index (χ4n) is 1.34. The van der Waals surface area contributed by atoms with Gasteiger partial charge < -0.3 is 4.42 Å².